The number of hydrogen-bond donors (Lipinski definition) is 3. The number of rotatable bonds is 7. The van der Waals surface area contributed by atoms with Crippen LogP contribution >= 0.6 is 11.3 Å². The lowest BCUT2D eigenvalue weighted by molar-refractivity contribution is -0.139. The third-order valence-electron chi connectivity index (χ3n) is 2.03. The lowest BCUT2D eigenvalue weighted by Gasteiger charge is -2.13. The van der Waals surface area contributed by atoms with E-state index in [1.165, 1.54) is 12.6 Å². The quantitative estimate of drug-likeness (QED) is 0.625. The van der Waals surface area contributed by atoms with Crippen LogP contribution in [-0.4, -0.2) is 47.1 Å². The van der Waals surface area contributed by atoms with Gasteiger partial charge in [-0.2, -0.15) is 0 Å². The molecule has 0 spiro atoms. The molecular formula is C9H14N4O4S. The lowest BCUT2D eigenvalue weighted by Crippen LogP contribution is -2.43. The van der Waals surface area contributed by atoms with E-state index in [4.69, 9.17) is 9.84 Å². The van der Waals surface area contributed by atoms with Crippen molar-refractivity contribution in [3.63, 3.8) is 0 Å². The molecule has 1 unspecified atom stereocenters. The molecule has 0 aliphatic heterocycles. The Hall–Kier alpha value is -1.74. The largest absolute Gasteiger partial charge is 0.480 e. The van der Waals surface area contributed by atoms with E-state index in [9.17, 15) is 9.59 Å². The maximum absolute atomic E-state index is 11.5. The number of methoxy groups -OCH3 is 1. The van der Waals surface area contributed by atoms with Crippen molar-refractivity contribution in [2.24, 2.45) is 0 Å². The van der Waals surface area contributed by atoms with Crippen LogP contribution in [0.4, 0.5) is 9.93 Å². The second-order valence-electron chi connectivity index (χ2n) is 3.37. The summed E-state index contributed by atoms with van der Waals surface area (Å²) in [5.41, 5.74) is 1.46. The van der Waals surface area contributed by atoms with Gasteiger partial charge in [0.2, 0.25) is 5.13 Å². The van der Waals surface area contributed by atoms with Crippen molar-refractivity contribution in [3.8, 4) is 0 Å². The van der Waals surface area contributed by atoms with Gasteiger partial charge in [0.15, 0.2) is 0 Å². The number of aliphatic carboxylic acids is 1. The summed E-state index contributed by atoms with van der Waals surface area (Å²) in [5, 5.41) is 21.2. The monoisotopic (exact) mass is 274 g/mol. The summed E-state index contributed by atoms with van der Waals surface area (Å²) >= 11 is 1.15. The van der Waals surface area contributed by atoms with Crippen LogP contribution in [0.25, 0.3) is 0 Å². The highest BCUT2D eigenvalue weighted by Crippen LogP contribution is 2.07. The predicted octanol–water partition coefficient (Wildman–Crippen LogP) is 0.539. The molecule has 2 amide bonds. The number of carbonyl (C=O) groups excluding carboxylic acids is 1. The number of carboxylic acids is 1. The van der Waals surface area contributed by atoms with E-state index in [-0.39, 0.29) is 0 Å². The Bertz CT molecular complexity index is 384. The number of anilines is 1. The average molecular weight is 274 g/mol. The smallest absolute Gasteiger partial charge is 0.326 e. The molecule has 0 aliphatic carbocycles. The van der Waals surface area contributed by atoms with Crippen molar-refractivity contribution in [2.75, 3.05) is 19.0 Å². The summed E-state index contributed by atoms with van der Waals surface area (Å²) in [6, 6.07) is -1.57. The standard InChI is InChI=1S/C9H14N4O4S/c1-17-4-2-3-6(7(14)15)11-8(16)12-9-13-10-5-18-9/h5-6H,2-4H2,1H3,(H,14,15)(H2,11,12,13,16). The van der Waals surface area contributed by atoms with Gasteiger partial charge in [0.05, 0.1) is 0 Å². The maximum atomic E-state index is 11.5. The third kappa shape index (κ3) is 5.06. The highest BCUT2D eigenvalue weighted by molar-refractivity contribution is 7.13. The van der Waals surface area contributed by atoms with Gasteiger partial charge in [-0.05, 0) is 12.8 Å². The van der Waals surface area contributed by atoms with Crippen molar-refractivity contribution >= 4 is 28.5 Å². The minimum absolute atomic E-state index is 0.298. The van der Waals surface area contributed by atoms with Crippen molar-refractivity contribution in [2.45, 2.75) is 18.9 Å². The number of nitrogens with zero attached hydrogens (tertiary/aromatic N) is 2. The molecule has 1 atom stereocenters. The number of urea groups is 1. The van der Waals surface area contributed by atoms with Crippen LogP contribution in [-0.2, 0) is 9.53 Å². The Morgan fingerprint density at radius 3 is 2.94 bits per heavy atom. The first-order valence-corrected chi connectivity index (χ1v) is 6.07. The van der Waals surface area contributed by atoms with Gasteiger partial charge in [0.1, 0.15) is 11.6 Å². The fourth-order valence-corrected chi connectivity index (χ4v) is 1.65. The molecule has 0 aliphatic rings. The number of nitrogens with one attached hydrogen (secondary N) is 2. The molecule has 8 nitrogen and oxygen atoms in total. The minimum Gasteiger partial charge on any atom is -0.480 e. The summed E-state index contributed by atoms with van der Waals surface area (Å²) in [6.45, 7) is 0.448. The fraction of sp³-hybridized carbons (Fsp3) is 0.556. The number of amides is 2. The van der Waals surface area contributed by atoms with E-state index in [0.717, 1.165) is 11.3 Å². The molecule has 1 heterocycles. The summed E-state index contributed by atoms with van der Waals surface area (Å²) in [4.78, 5) is 22.4. The SMILES string of the molecule is COCCCC(NC(=O)Nc1nncs1)C(=O)O. The maximum Gasteiger partial charge on any atom is 0.326 e. The van der Waals surface area contributed by atoms with Gasteiger partial charge in [-0.15, -0.1) is 10.2 Å². The second-order valence-corrected chi connectivity index (χ2v) is 4.20. The fourth-order valence-electron chi connectivity index (χ4n) is 1.21. The van der Waals surface area contributed by atoms with E-state index in [0.29, 0.717) is 24.6 Å². The molecule has 3 N–H and O–H groups in total. The summed E-state index contributed by atoms with van der Waals surface area (Å²) < 4.78 is 4.82. The Kier molecular flexibility index (Phi) is 6.01. The van der Waals surface area contributed by atoms with Crippen molar-refractivity contribution in [1.29, 1.82) is 0 Å². The van der Waals surface area contributed by atoms with Gasteiger partial charge in [-0.3, -0.25) is 5.32 Å². The van der Waals surface area contributed by atoms with Crippen LogP contribution in [0.15, 0.2) is 5.51 Å². The zero-order valence-corrected chi connectivity index (χ0v) is 10.6. The Morgan fingerprint density at radius 2 is 2.39 bits per heavy atom. The van der Waals surface area contributed by atoms with Gasteiger partial charge in [0.25, 0.3) is 0 Å². The average Bonchev–Trinajstić information content (AvgIpc) is 2.80. The zero-order valence-electron chi connectivity index (χ0n) is 9.75. The first-order chi connectivity index (χ1) is 8.63. The van der Waals surface area contributed by atoms with E-state index in [2.05, 4.69) is 20.8 Å². The zero-order chi connectivity index (χ0) is 13.4. The van der Waals surface area contributed by atoms with Crippen LogP contribution in [0.3, 0.4) is 0 Å². The molecule has 0 aromatic carbocycles. The first-order valence-electron chi connectivity index (χ1n) is 5.19. The molecule has 0 saturated heterocycles. The summed E-state index contributed by atoms with van der Waals surface area (Å²) in [5.74, 6) is -1.08. The number of aromatic nitrogens is 2. The van der Waals surface area contributed by atoms with Crippen LogP contribution < -0.4 is 10.6 Å². The Morgan fingerprint density at radius 1 is 1.61 bits per heavy atom. The molecule has 1 rings (SSSR count). The molecule has 9 heteroatoms. The number of carbonyl (C=O) groups is 2. The van der Waals surface area contributed by atoms with Gasteiger partial charge < -0.3 is 15.2 Å². The topological polar surface area (TPSA) is 113 Å². The highest BCUT2D eigenvalue weighted by atomic mass is 32.1. The van der Waals surface area contributed by atoms with Crippen LogP contribution in [0, 0.1) is 0 Å². The summed E-state index contributed by atoms with van der Waals surface area (Å²) in [6.07, 6.45) is 0.846. The van der Waals surface area contributed by atoms with E-state index in [1.807, 2.05) is 0 Å². The first kappa shape index (κ1) is 14.3. The van der Waals surface area contributed by atoms with Gasteiger partial charge in [-0.25, -0.2) is 9.59 Å². The normalized spacial score (nSPS) is 11.8. The molecule has 1 aromatic rings. The van der Waals surface area contributed by atoms with Crippen molar-refractivity contribution < 1.29 is 19.4 Å². The predicted molar refractivity (Wildman–Crippen MR) is 64.6 cm³/mol. The molecule has 0 fully saturated rings. The number of hydrogen-bond acceptors (Lipinski definition) is 6. The molecular weight excluding hydrogens is 260 g/mol. The third-order valence-corrected chi connectivity index (χ3v) is 2.63. The van der Waals surface area contributed by atoms with Gasteiger partial charge in [0, 0.05) is 13.7 Å². The van der Waals surface area contributed by atoms with E-state index in [1.54, 1.807) is 0 Å². The molecule has 0 saturated carbocycles. The van der Waals surface area contributed by atoms with Crippen LogP contribution in [0.5, 0.6) is 0 Å². The van der Waals surface area contributed by atoms with Crippen molar-refractivity contribution in [3.05, 3.63) is 5.51 Å². The van der Waals surface area contributed by atoms with E-state index >= 15 is 0 Å². The molecule has 1 aromatic heterocycles. The van der Waals surface area contributed by atoms with Crippen LogP contribution in [0.1, 0.15) is 12.8 Å². The van der Waals surface area contributed by atoms with Gasteiger partial charge >= 0.3 is 12.0 Å². The summed E-state index contributed by atoms with van der Waals surface area (Å²) in [7, 11) is 1.53. The van der Waals surface area contributed by atoms with Gasteiger partial charge in [-0.1, -0.05) is 11.3 Å². The molecule has 0 radical (unpaired) electrons. The number of ether oxygens (including phenoxy) is 1. The Balaban J connectivity index is 2.40. The molecule has 100 valence electrons. The minimum atomic E-state index is -1.08. The highest BCUT2D eigenvalue weighted by Gasteiger charge is 2.19. The lowest BCUT2D eigenvalue weighted by atomic mass is 10.1. The van der Waals surface area contributed by atoms with Crippen LogP contribution in [0.2, 0.25) is 0 Å². The van der Waals surface area contributed by atoms with E-state index < -0.39 is 18.0 Å². The number of carboxylic acid groups (broad SMARTS) is 1. The Labute approximate surface area is 107 Å². The van der Waals surface area contributed by atoms with Crippen molar-refractivity contribution in [1.82, 2.24) is 15.5 Å². The molecule has 18 heavy (non-hydrogen) atoms. The second kappa shape index (κ2) is 7.56. The molecule has 0 bridgehead atoms.